The maximum absolute atomic E-state index is 14.0. The Morgan fingerprint density at radius 2 is 2.09 bits per heavy atom. The van der Waals surface area contributed by atoms with Crippen LogP contribution in [0.5, 0.6) is 0 Å². The van der Waals surface area contributed by atoms with Gasteiger partial charge in [0.25, 0.3) is 5.56 Å². The molecule has 2 aromatic heterocycles. The predicted octanol–water partition coefficient (Wildman–Crippen LogP) is 3.02. The van der Waals surface area contributed by atoms with Gasteiger partial charge in [0, 0.05) is 7.05 Å². The second-order valence-corrected chi connectivity index (χ2v) is 5.16. The first kappa shape index (κ1) is 14.8. The van der Waals surface area contributed by atoms with E-state index in [0.717, 1.165) is 10.1 Å². The van der Waals surface area contributed by atoms with Crippen molar-refractivity contribution < 1.29 is 18.7 Å². The second kappa shape index (κ2) is 5.28. The van der Waals surface area contributed by atoms with Gasteiger partial charge in [0.2, 0.25) is 0 Å². The van der Waals surface area contributed by atoms with Crippen molar-refractivity contribution in [1.82, 2.24) is 4.57 Å². The van der Waals surface area contributed by atoms with E-state index in [1.807, 2.05) is 0 Å². The molecular weight excluding hydrogens is 303 g/mol. The monoisotopic (exact) mass is 316 g/mol. The molecule has 2 N–H and O–H groups in total. The highest BCUT2D eigenvalue weighted by atomic mass is 19.1. The molecule has 0 amide bonds. The molecule has 0 bridgehead atoms. The number of nitrogens with one attached hydrogen (secondary N) is 1. The number of nitrogens with zero attached hydrogens (tertiary/aromatic N) is 1. The van der Waals surface area contributed by atoms with Crippen LogP contribution < -0.4 is 10.9 Å². The van der Waals surface area contributed by atoms with Crippen LogP contribution in [0.1, 0.15) is 15.9 Å². The maximum atomic E-state index is 14.0. The summed E-state index contributed by atoms with van der Waals surface area (Å²) >= 11 is 0. The van der Waals surface area contributed by atoms with Crippen LogP contribution in [0, 0.1) is 12.7 Å². The zero-order valence-corrected chi connectivity index (χ0v) is 12.4. The molecule has 0 unspecified atom stereocenters. The number of anilines is 2. The summed E-state index contributed by atoms with van der Waals surface area (Å²) in [6, 6.07) is 5.87. The number of aromatic carboxylic acids is 1. The van der Waals surface area contributed by atoms with E-state index in [-0.39, 0.29) is 28.0 Å². The average Bonchev–Trinajstić information content (AvgIpc) is 2.96. The van der Waals surface area contributed by atoms with Crippen molar-refractivity contribution in [3.05, 3.63) is 57.8 Å². The largest absolute Gasteiger partial charge is 0.477 e. The molecule has 0 radical (unpaired) electrons. The lowest BCUT2D eigenvalue weighted by molar-refractivity contribution is 0.0698. The summed E-state index contributed by atoms with van der Waals surface area (Å²) in [5.74, 6) is -1.88. The number of carboxylic acids is 1. The normalized spacial score (nSPS) is 10.9. The molecule has 1 aromatic carbocycles. The molecule has 3 aromatic rings. The van der Waals surface area contributed by atoms with E-state index in [0.29, 0.717) is 0 Å². The second-order valence-electron chi connectivity index (χ2n) is 5.16. The molecule has 0 spiro atoms. The van der Waals surface area contributed by atoms with Gasteiger partial charge < -0.3 is 14.8 Å². The Labute approximate surface area is 129 Å². The van der Waals surface area contributed by atoms with Crippen molar-refractivity contribution in [2.45, 2.75) is 6.92 Å². The molecule has 7 heteroatoms. The minimum absolute atomic E-state index is 0.0457. The van der Waals surface area contributed by atoms with Crippen molar-refractivity contribution in [1.29, 1.82) is 0 Å². The molecule has 0 saturated heterocycles. The van der Waals surface area contributed by atoms with Crippen LogP contribution >= 0.6 is 0 Å². The highest BCUT2D eigenvalue weighted by Crippen LogP contribution is 2.28. The van der Waals surface area contributed by atoms with Gasteiger partial charge in [0.1, 0.15) is 17.2 Å². The van der Waals surface area contributed by atoms with Gasteiger partial charge in [-0.2, -0.15) is 0 Å². The van der Waals surface area contributed by atoms with Crippen molar-refractivity contribution in [3.63, 3.8) is 0 Å². The van der Waals surface area contributed by atoms with Gasteiger partial charge in [-0.25, -0.2) is 9.18 Å². The number of benzene rings is 1. The van der Waals surface area contributed by atoms with Crippen LogP contribution in [-0.2, 0) is 7.05 Å². The summed E-state index contributed by atoms with van der Waals surface area (Å²) in [5, 5.41) is 12.3. The maximum Gasteiger partial charge on any atom is 0.343 e. The quantitative estimate of drug-likeness (QED) is 0.776. The van der Waals surface area contributed by atoms with E-state index in [1.54, 1.807) is 13.0 Å². The topological polar surface area (TPSA) is 84.5 Å². The first-order chi connectivity index (χ1) is 10.9. The van der Waals surface area contributed by atoms with Crippen molar-refractivity contribution in [2.24, 2.45) is 7.05 Å². The number of hydrogen-bond donors (Lipinski definition) is 2. The van der Waals surface area contributed by atoms with Crippen LogP contribution in [0.15, 0.2) is 39.7 Å². The number of furan rings is 1. The number of aromatic nitrogens is 1. The number of carbonyl (C=O) groups is 1. The number of carboxylic acid groups (broad SMARTS) is 1. The van der Waals surface area contributed by atoms with E-state index >= 15 is 0 Å². The molecule has 118 valence electrons. The van der Waals surface area contributed by atoms with Crippen molar-refractivity contribution in [2.75, 3.05) is 5.32 Å². The van der Waals surface area contributed by atoms with E-state index in [1.165, 1.54) is 31.5 Å². The third kappa shape index (κ3) is 2.36. The molecule has 0 aliphatic heterocycles. The Morgan fingerprint density at radius 3 is 2.74 bits per heavy atom. The fraction of sp³-hybridized carbons (Fsp3) is 0.125. The molecule has 3 rings (SSSR count). The van der Waals surface area contributed by atoms with Gasteiger partial charge in [-0.3, -0.25) is 9.36 Å². The van der Waals surface area contributed by atoms with Crippen LogP contribution in [0.3, 0.4) is 0 Å². The fourth-order valence-electron chi connectivity index (χ4n) is 2.42. The van der Waals surface area contributed by atoms with Gasteiger partial charge in [-0.05, 0) is 30.7 Å². The SMILES string of the molecule is Cc1ccc(Nc2c(C(=O)O)c3occc3c(=O)n2C)c(F)c1. The minimum atomic E-state index is -1.28. The number of pyridine rings is 1. The molecule has 23 heavy (non-hydrogen) atoms. The lowest BCUT2D eigenvalue weighted by atomic mass is 10.1. The summed E-state index contributed by atoms with van der Waals surface area (Å²) in [4.78, 5) is 23.9. The summed E-state index contributed by atoms with van der Waals surface area (Å²) in [5.41, 5.74) is 0.0809. The van der Waals surface area contributed by atoms with E-state index in [9.17, 15) is 19.1 Å². The smallest absolute Gasteiger partial charge is 0.343 e. The highest BCUT2D eigenvalue weighted by Gasteiger charge is 2.23. The van der Waals surface area contributed by atoms with Crippen LogP contribution in [-0.4, -0.2) is 15.6 Å². The fourth-order valence-corrected chi connectivity index (χ4v) is 2.42. The Hall–Kier alpha value is -3.09. The van der Waals surface area contributed by atoms with Gasteiger partial charge in [0.15, 0.2) is 5.58 Å². The van der Waals surface area contributed by atoms with Gasteiger partial charge in [0.05, 0.1) is 17.3 Å². The average molecular weight is 316 g/mol. The minimum Gasteiger partial charge on any atom is -0.477 e. The van der Waals surface area contributed by atoms with E-state index in [4.69, 9.17) is 4.42 Å². The van der Waals surface area contributed by atoms with Crippen LogP contribution in [0.25, 0.3) is 11.0 Å². The number of halogens is 1. The number of rotatable bonds is 3. The predicted molar refractivity (Wildman–Crippen MR) is 82.8 cm³/mol. The summed E-state index contributed by atoms with van der Waals surface area (Å²) < 4.78 is 20.3. The third-order valence-electron chi connectivity index (χ3n) is 3.59. The number of hydrogen-bond acceptors (Lipinski definition) is 4. The van der Waals surface area contributed by atoms with Crippen molar-refractivity contribution >= 4 is 28.4 Å². The van der Waals surface area contributed by atoms with Crippen LogP contribution in [0.2, 0.25) is 0 Å². The zero-order valence-electron chi connectivity index (χ0n) is 12.4. The van der Waals surface area contributed by atoms with Crippen molar-refractivity contribution in [3.8, 4) is 0 Å². The Kier molecular flexibility index (Phi) is 3.40. The first-order valence-corrected chi connectivity index (χ1v) is 6.77. The van der Waals surface area contributed by atoms with Gasteiger partial charge in [-0.15, -0.1) is 0 Å². The van der Waals surface area contributed by atoms with Gasteiger partial charge in [-0.1, -0.05) is 6.07 Å². The molecule has 2 heterocycles. The lowest BCUT2D eigenvalue weighted by Gasteiger charge is -2.15. The zero-order chi connectivity index (χ0) is 16.7. The highest BCUT2D eigenvalue weighted by molar-refractivity contribution is 6.05. The molecule has 0 saturated carbocycles. The third-order valence-corrected chi connectivity index (χ3v) is 3.59. The first-order valence-electron chi connectivity index (χ1n) is 6.77. The summed E-state index contributed by atoms with van der Waals surface area (Å²) in [7, 11) is 1.41. The molecule has 0 aliphatic rings. The van der Waals surface area contributed by atoms with E-state index in [2.05, 4.69) is 5.32 Å². The molecule has 6 nitrogen and oxygen atoms in total. The molecule has 0 aliphatic carbocycles. The van der Waals surface area contributed by atoms with E-state index < -0.39 is 17.3 Å². The molecular formula is C16H13FN2O4. The molecule has 0 fully saturated rings. The summed E-state index contributed by atoms with van der Waals surface area (Å²) in [6.45, 7) is 1.74. The summed E-state index contributed by atoms with van der Waals surface area (Å²) in [6.07, 6.45) is 1.24. The Bertz CT molecular complexity index is 988. The molecule has 0 atom stereocenters. The Balaban J connectivity index is 2.27. The van der Waals surface area contributed by atoms with Gasteiger partial charge >= 0.3 is 5.97 Å². The Morgan fingerprint density at radius 1 is 1.35 bits per heavy atom. The number of fused-ring (bicyclic) bond motifs is 1. The van der Waals surface area contributed by atoms with Crippen LogP contribution in [0.4, 0.5) is 15.9 Å². The lowest BCUT2D eigenvalue weighted by Crippen LogP contribution is -2.23. The standard InChI is InChI=1S/C16H13FN2O4/c1-8-3-4-11(10(17)7-8)18-14-12(16(21)22)13-9(5-6-23-13)15(20)19(14)2/h3-7,18H,1-2H3,(H,21,22). The number of aryl methyl sites for hydroxylation is 1.